The Hall–Kier alpha value is -1.19. The molecule has 0 fully saturated rings. The average Bonchev–Trinajstić information content (AvgIpc) is 2.38. The number of alkyl halides is 1. The van der Waals surface area contributed by atoms with Gasteiger partial charge in [0.2, 0.25) is 0 Å². The molecule has 4 heteroatoms. The van der Waals surface area contributed by atoms with E-state index in [1.54, 1.807) is 18.2 Å². The summed E-state index contributed by atoms with van der Waals surface area (Å²) in [6, 6.07) is 12.6. The smallest absolute Gasteiger partial charge is 0.185 e. The molecule has 0 aliphatic heterocycles. The van der Waals surface area contributed by atoms with Crippen molar-refractivity contribution in [1.82, 2.24) is 0 Å². The van der Waals surface area contributed by atoms with E-state index in [9.17, 15) is 9.18 Å². The molecule has 0 radical (unpaired) electrons. The van der Waals surface area contributed by atoms with E-state index < -0.39 is 5.38 Å². The van der Waals surface area contributed by atoms with Crippen molar-refractivity contribution in [1.29, 1.82) is 0 Å². The monoisotopic (exact) mass is 326 g/mol. The highest BCUT2D eigenvalue weighted by atomic mass is 79.9. The second-order valence-corrected chi connectivity index (χ2v) is 5.14. The van der Waals surface area contributed by atoms with Crippen LogP contribution in [-0.4, -0.2) is 5.78 Å². The van der Waals surface area contributed by atoms with Gasteiger partial charge in [0.1, 0.15) is 11.2 Å². The summed E-state index contributed by atoms with van der Waals surface area (Å²) in [6.45, 7) is 0. The highest BCUT2D eigenvalue weighted by molar-refractivity contribution is 9.10. The predicted octanol–water partition coefficient (Wildman–Crippen LogP) is 4.75. The lowest BCUT2D eigenvalue weighted by atomic mass is 10.0. The Bertz CT molecular complexity index is 568. The molecule has 1 nitrogen and oxygen atoms in total. The lowest BCUT2D eigenvalue weighted by molar-refractivity contribution is 0.0987. The second-order valence-electron chi connectivity index (χ2n) is 3.79. The van der Waals surface area contributed by atoms with Crippen molar-refractivity contribution < 1.29 is 9.18 Å². The highest BCUT2D eigenvalue weighted by Crippen LogP contribution is 2.26. The van der Waals surface area contributed by atoms with Crippen LogP contribution in [0.4, 0.5) is 4.39 Å². The summed E-state index contributed by atoms with van der Waals surface area (Å²) < 4.78 is 13.6. The normalized spacial score (nSPS) is 12.2. The zero-order chi connectivity index (χ0) is 13.1. The molecular weight excluding hydrogens is 319 g/mol. The van der Waals surface area contributed by atoms with Crippen molar-refractivity contribution in [3.63, 3.8) is 0 Å². The van der Waals surface area contributed by atoms with E-state index in [0.29, 0.717) is 11.1 Å². The van der Waals surface area contributed by atoms with Gasteiger partial charge in [0.05, 0.1) is 0 Å². The molecule has 0 aliphatic rings. The van der Waals surface area contributed by atoms with E-state index in [4.69, 9.17) is 11.6 Å². The highest BCUT2D eigenvalue weighted by Gasteiger charge is 2.19. The Labute approximate surface area is 118 Å². The van der Waals surface area contributed by atoms with Crippen molar-refractivity contribution in [3.05, 3.63) is 69.9 Å². The van der Waals surface area contributed by atoms with Crippen molar-refractivity contribution in [3.8, 4) is 0 Å². The molecule has 1 atom stereocenters. The quantitative estimate of drug-likeness (QED) is 0.587. The van der Waals surface area contributed by atoms with E-state index in [0.717, 1.165) is 4.47 Å². The molecule has 0 saturated heterocycles. The molecule has 0 heterocycles. The van der Waals surface area contributed by atoms with E-state index in [1.807, 2.05) is 6.07 Å². The molecule has 0 N–H and O–H groups in total. The van der Waals surface area contributed by atoms with Gasteiger partial charge >= 0.3 is 0 Å². The fraction of sp³-hybridized carbons (Fsp3) is 0.0714. The number of halogens is 3. The van der Waals surface area contributed by atoms with Crippen LogP contribution in [0, 0.1) is 5.82 Å². The minimum atomic E-state index is -0.806. The number of hydrogen-bond acceptors (Lipinski definition) is 1. The lowest BCUT2D eigenvalue weighted by Crippen LogP contribution is -2.07. The molecule has 2 rings (SSSR count). The SMILES string of the molecule is O=C(c1cccc(Br)c1)C(Cl)c1ccc(F)cc1. The molecule has 1 unspecified atom stereocenters. The van der Waals surface area contributed by atoms with Crippen molar-refractivity contribution in [2.45, 2.75) is 5.38 Å². The van der Waals surface area contributed by atoms with Crippen molar-refractivity contribution in [2.75, 3.05) is 0 Å². The summed E-state index contributed by atoms with van der Waals surface area (Å²) >= 11 is 9.41. The minimum Gasteiger partial charge on any atom is -0.292 e. The van der Waals surface area contributed by atoms with Gasteiger partial charge in [-0.2, -0.15) is 0 Å². The maximum atomic E-state index is 12.8. The minimum absolute atomic E-state index is 0.204. The van der Waals surface area contributed by atoms with Crippen LogP contribution in [0.2, 0.25) is 0 Å². The van der Waals surface area contributed by atoms with E-state index >= 15 is 0 Å². The molecule has 92 valence electrons. The van der Waals surface area contributed by atoms with Crippen LogP contribution in [0.1, 0.15) is 21.3 Å². The number of Topliss-reactive ketones (excluding diaryl/α,β-unsaturated/α-hetero) is 1. The maximum absolute atomic E-state index is 12.8. The van der Waals surface area contributed by atoms with Gasteiger partial charge in [0.15, 0.2) is 5.78 Å². The first-order valence-electron chi connectivity index (χ1n) is 5.27. The van der Waals surface area contributed by atoms with E-state index in [2.05, 4.69) is 15.9 Å². The maximum Gasteiger partial charge on any atom is 0.185 e. The van der Waals surface area contributed by atoms with E-state index in [-0.39, 0.29) is 11.6 Å². The molecule has 0 aliphatic carbocycles. The summed E-state index contributed by atoms with van der Waals surface area (Å²) in [5.74, 6) is -0.554. The number of rotatable bonds is 3. The Balaban J connectivity index is 2.26. The standard InChI is InChI=1S/C14H9BrClFO/c15-11-3-1-2-10(8-11)14(18)13(16)9-4-6-12(17)7-5-9/h1-8,13H. The van der Waals surface area contributed by atoms with Crippen LogP contribution in [0.25, 0.3) is 0 Å². The first-order valence-corrected chi connectivity index (χ1v) is 6.50. The molecule has 0 bridgehead atoms. The first-order chi connectivity index (χ1) is 8.58. The zero-order valence-corrected chi connectivity index (χ0v) is 11.6. The largest absolute Gasteiger partial charge is 0.292 e. The fourth-order valence-corrected chi connectivity index (χ4v) is 2.24. The van der Waals surface area contributed by atoms with Crippen molar-refractivity contribution in [2.24, 2.45) is 0 Å². The van der Waals surface area contributed by atoms with E-state index in [1.165, 1.54) is 24.3 Å². The lowest BCUT2D eigenvalue weighted by Gasteiger charge is -2.09. The van der Waals surface area contributed by atoms with Gasteiger partial charge in [-0.1, -0.05) is 40.2 Å². The fourth-order valence-electron chi connectivity index (χ4n) is 1.57. The van der Waals surface area contributed by atoms with Gasteiger partial charge in [0, 0.05) is 10.0 Å². The Kier molecular flexibility index (Phi) is 4.15. The van der Waals surface area contributed by atoms with Crippen LogP contribution in [0.15, 0.2) is 53.0 Å². The molecule has 0 saturated carbocycles. The first kappa shape index (κ1) is 13.2. The number of carbonyl (C=O) groups is 1. The summed E-state index contributed by atoms with van der Waals surface area (Å²) in [5.41, 5.74) is 1.11. The van der Waals surface area contributed by atoms with Crippen LogP contribution < -0.4 is 0 Å². The summed E-state index contributed by atoms with van der Waals surface area (Å²) in [6.07, 6.45) is 0. The molecule has 0 aromatic heterocycles. The van der Waals surface area contributed by atoms with Gasteiger partial charge in [-0.05, 0) is 29.8 Å². The van der Waals surface area contributed by atoms with Crippen LogP contribution in [-0.2, 0) is 0 Å². The number of benzene rings is 2. The molecule has 18 heavy (non-hydrogen) atoms. The molecular formula is C14H9BrClFO. The van der Waals surface area contributed by atoms with Gasteiger partial charge in [-0.3, -0.25) is 4.79 Å². The topological polar surface area (TPSA) is 17.1 Å². The Morgan fingerprint density at radius 1 is 1.17 bits per heavy atom. The van der Waals surface area contributed by atoms with Crippen LogP contribution in [0.3, 0.4) is 0 Å². The third kappa shape index (κ3) is 2.98. The number of hydrogen-bond donors (Lipinski definition) is 0. The Morgan fingerprint density at radius 2 is 1.83 bits per heavy atom. The molecule has 2 aromatic carbocycles. The van der Waals surface area contributed by atoms with Gasteiger partial charge in [-0.25, -0.2) is 4.39 Å². The van der Waals surface area contributed by atoms with Crippen molar-refractivity contribution >= 4 is 33.3 Å². The summed E-state index contributed by atoms with van der Waals surface area (Å²) in [7, 11) is 0. The zero-order valence-electron chi connectivity index (χ0n) is 9.24. The molecule has 0 spiro atoms. The number of ketones is 1. The third-order valence-electron chi connectivity index (χ3n) is 2.50. The second kappa shape index (κ2) is 5.63. The van der Waals surface area contributed by atoms with Crippen LogP contribution in [0.5, 0.6) is 0 Å². The predicted molar refractivity (Wildman–Crippen MR) is 73.5 cm³/mol. The Morgan fingerprint density at radius 3 is 2.44 bits per heavy atom. The summed E-state index contributed by atoms with van der Waals surface area (Å²) in [5, 5.41) is -0.806. The molecule has 0 amide bonds. The van der Waals surface area contributed by atoms with Gasteiger partial charge in [-0.15, -0.1) is 11.6 Å². The average molecular weight is 328 g/mol. The summed E-state index contributed by atoms with van der Waals surface area (Å²) in [4.78, 5) is 12.1. The molecule has 2 aromatic rings. The number of carbonyl (C=O) groups excluding carboxylic acids is 1. The van der Waals surface area contributed by atoms with Gasteiger partial charge < -0.3 is 0 Å². The van der Waals surface area contributed by atoms with Gasteiger partial charge in [0.25, 0.3) is 0 Å². The third-order valence-corrected chi connectivity index (χ3v) is 3.45. The van der Waals surface area contributed by atoms with Crippen LogP contribution >= 0.6 is 27.5 Å².